The Labute approximate surface area is 127 Å². The maximum absolute atomic E-state index is 13.4. The van der Waals surface area contributed by atoms with Crippen LogP contribution >= 0.6 is 0 Å². The fourth-order valence-electron chi connectivity index (χ4n) is 2.33. The van der Waals surface area contributed by atoms with E-state index in [4.69, 9.17) is 4.74 Å². The van der Waals surface area contributed by atoms with Crippen molar-refractivity contribution in [2.24, 2.45) is 0 Å². The third kappa shape index (κ3) is 3.41. The number of aromatic nitrogens is 3. The molecule has 1 saturated heterocycles. The second kappa shape index (κ2) is 6.55. The predicted molar refractivity (Wildman–Crippen MR) is 76.7 cm³/mol. The summed E-state index contributed by atoms with van der Waals surface area (Å²) in [6.45, 7) is 1.70. The summed E-state index contributed by atoms with van der Waals surface area (Å²) in [5, 5.41) is 3.98. The summed E-state index contributed by atoms with van der Waals surface area (Å²) in [5.41, 5.74) is 0. The van der Waals surface area contributed by atoms with Crippen molar-refractivity contribution in [1.82, 2.24) is 19.7 Å². The highest BCUT2D eigenvalue weighted by Crippen LogP contribution is 2.21. The molecule has 0 saturated carbocycles. The molecular formula is C15H17FN4O2. The maximum atomic E-state index is 13.4. The fraction of sp³-hybridized carbons (Fsp3) is 0.400. The molecule has 0 radical (unpaired) electrons. The summed E-state index contributed by atoms with van der Waals surface area (Å²) in [6, 6.07) is 6.30. The molecule has 0 unspecified atom stereocenters. The van der Waals surface area contributed by atoms with Gasteiger partial charge in [0.15, 0.2) is 11.6 Å². The van der Waals surface area contributed by atoms with E-state index < -0.39 is 0 Å². The van der Waals surface area contributed by atoms with Crippen molar-refractivity contribution in [3.8, 4) is 5.75 Å². The zero-order chi connectivity index (χ0) is 15.4. The van der Waals surface area contributed by atoms with Crippen LogP contribution in [0.2, 0.25) is 0 Å². The van der Waals surface area contributed by atoms with E-state index in [1.807, 2.05) is 0 Å². The van der Waals surface area contributed by atoms with E-state index >= 15 is 0 Å². The van der Waals surface area contributed by atoms with E-state index in [2.05, 4.69) is 10.1 Å². The van der Waals surface area contributed by atoms with Crippen molar-refractivity contribution >= 4 is 5.91 Å². The first-order valence-electron chi connectivity index (χ1n) is 7.24. The Morgan fingerprint density at radius 2 is 2.18 bits per heavy atom. The third-order valence-electron chi connectivity index (χ3n) is 3.58. The Morgan fingerprint density at radius 1 is 1.36 bits per heavy atom. The molecule has 1 amide bonds. The third-order valence-corrected chi connectivity index (χ3v) is 3.58. The van der Waals surface area contributed by atoms with E-state index in [-0.39, 0.29) is 23.6 Å². The summed E-state index contributed by atoms with van der Waals surface area (Å²) in [5.74, 6) is -0.0422. The van der Waals surface area contributed by atoms with Crippen LogP contribution in [-0.2, 0) is 11.3 Å². The first-order valence-corrected chi connectivity index (χ1v) is 7.24. The number of amides is 1. The van der Waals surface area contributed by atoms with Crippen molar-refractivity contribution in [3.63, 3.8) is 0 Å². The Balaban J connectivity index is 1.37. The van der Waals surface area contributed by atoms with Crippen molar-refractivity contribution in [1.29, 1.82) is 0 Å². The Kier molecular flexibility index (Phi) is 4.32. The molecule has 22 heavy (non-hydrogen) atoms. The second-order valence-electron chi connectivity index (χ2n) is 5.23. The first-order chi connectivity index (χ1) is 10.7. The van der Waals surface area contributed by atoms with Gasteiger partial charge < -0.3 is 9.64 Å². The van der Waals surface area contributed by atoms with Gasteiger partial charge >= 0.3 is 0 Å². The van der Waals surface area contributed by atoms with Crippen molar-refractivity contribution in [2.45, 2.75) is 25.5 Å². The van der Waals surface area contributed by atoms with Crippen LogP contribution in [0.4, 0.5) is 4.39 Å². The van der Waals surface area contributed by atoms with Gasteiger partial charge in [0.2, 0.25) is 5.91 Å². The number of para-hydroxylation sites is 1. The molecule has 2 aromatic rings. The number of nitrogens with zero attached hydrogens (tertiary/aromatic N) is 4. The van der Waals surface area contributed by atoms with Gasteiger partial charge in [-0.15, -0.1) is 0 Å². The topological polar surface area (TPSA) is 60.2 Å². The van der Waals surface area contributed by atoms with Gasteiger partial charge in [-0.3, -0.25) is 9.48 Å². The van der Waals surface area contributed by atoms with Gasteiger partial charge in [-0.05, 0) is 18.6 Å². The summed E-state index contributed by atoms with van der Waals surface area (Å²) >= 11 is 0. The van der Waals surface area contributed by atoms with E-state index in [0.717, 1.165) is 6.42 Å². The summed E-state index contributed by atoms with van der Waals surface area (Å²) in [6.07, 6.45) is 4.16. The predicted octanol–water partition coefficient (Wildman–Crippen LogP) is 1.49. The number of rotatable bonds is 6. The van der Waals surface area contributed by atoms with Crippen LogP contribution in [0.5, 0.6) is 5.75 Å². The van der Waals surface area contributed by atoms with Gasteiger partial charge in [-0.25, -0.2) is 9.37 Å². The van der Waals surface area contributed by atoms with Crippen LogP contribution in [0, 0.1) is 5.82 Å². The quantitative estimate of drug-likeness (QED) is 0.811. The van der Waals surface area contributed by atoms with Crippen molar-refractivity contribution in [3.05, 3.63) is 42.7 Å². The number of likely N-dealkylation sites (tertiary alicyclic amines) is 1. The Hall–Kier alpha value is -2.44. The molecule has 6 nitrogen and oxygen atoms in total. The Morgan fingerprint density at radius 3 is 2.91 bits per heavy atom. The normalized spacial score (nSPS) is 14.7. The molecule has 1 fully saturated rings. The summed E-state index contributed by atoms with van der Waals surface area (Å²) in [4.78, 5) is 17.5. The number of ether oxygens (including phenoxy) is 1. The van der Waals surface area contributed by atoms with Crippen LogP contribution < -0.4 is 4.74 Å². The molecule has 0 N–H and O–H groups in total. The smallest absolute Gasteiger partial charge is 0.222 e. The number of carbonyl (C=O) groups excluding carboxylic acids is 1. The monoisotopic (exact) mass is 304 g/mol. The maximum Gasteiger partial charge on any atom is 0.222 e. The van der Waals surface area contributed by atoms with Gasteiger partial charge in [-0.1, -0.05) is 12.1 Å². The highest BCUT2D eigenvalue weighted by Gasteiger charge is 2.32. The molecule has 0 spiro atoms. The fourth-order valence-corrected chi connectivity index (χ4v) is 2.33. The lowest BCUT2D eigenvalue weighted by Gasteiger charge is -2.39. The average Bonchev–Trinajstić information content (AvgIpc) is 2.97. The molecule has 3 rings (SSSR count). The highest BCUT2D eigenvalue weighted by atomic mass is 19.1. The van der Waals surface area contributed by atoms with Gasteiger partial charge in [0.05, 0.1) is 13.1 Å². The number of benzene rings is 1. The first kappa shape index (κ1) is 14.5. The number of hydrogen-bond acceptors (Lipinski definition) is 4. The minimum atomic E-state index is -0.375. The van der Waals surface area contributed by atoms with E-state index in [0.29, 0.717) is 26.1 Å². The Bertz CT molecular complexity index is 626. The van der Waals surface area contributed by atoms with Gasteiger partial charge in [0.25, 0.3) is 0 Å². The summed E-state index contributed by atoms with van der Waals surface area (Å²) < 4.78 is 20.7. The van der Waals surface area contributed by atoms with Crippen LogP contribution in [-0.4, -0.2) is 44.8 Å². The lowest BCUT2D eigenvalue weighted by Crippen LogP contribution is -2.56. The van der Waals surface area contributed by atoms with Gasteiger partial charge in [0, 0.05) is 13.0 Å². The molecule has 0 atom stereocenters. The number of hydrogen-bond donors (Lipinski definition) is 0. The van der Waals surface area contributed by atoms with Gasteiger partial charge in [0.1, 0.15) is 18.8 Å². The van der Waals surface area contributed by atoms with E-state index in [9.17, 15) is 9.18 Å². The molecule has 116 valence electrons. The minimum absolute atomic E-state index is 0.0912. The standard InChI is InChI=1S/C15H17FN4O2/c16-13-4-1-2-5-14(13)22-12-8-19(9-12)15(21)6-3-7-20-11-17-10-18-20/h1-2,4-5,10-12H,3,6-9H2. The molecule has 0 bridgehead atoms. The lowest BCUT2D eigenvalue weighted by molar-refractivity contribution is -0.140. The SMILES string of the molecule is O=C(CCCn1cncn1)N1CC(Oc2ccccc2F)C1. The minimum Gasteiger partial charge on any atom is -0.484 e. The van der Waals surface area contributed by atoms with Crippen molar-refractivity contribution < 1.29 is 13.9 Å². The van der Waals surface area contributed by atoms with E-state index in [1.54, 1.807) is 34.1 Å². The largest absolute Gasteiger partial charge is 0.484 e. The molecule has 2 heterocycles. The van der Waals surface area contributed by atoms with Gasteiger partial charge in [-0.2, -0.15) is 5.10 Å². The molecule has 0 aliphatic carbocycles. The van der Waals surface area contributed by atoms with Crippen LogP contribution in [0.25, 0.3) is 0 Å². The average molecular weight is 304 g/mol. The van der Waals surface area contributed by atoms with Crippen LogP contribution in [0.15, 0.2) is 36.9 Å². The van der Waals surface area contributed by atoms with E-state index in [1.165, 1.54) is 12.4 Å². The zero-order valence-electron chi connectivity index (χ0n) is 12.1. The van der Waals surface area contributed by atoms with Crippen LogP contribution in [0.1, 0.15) is 12.8 Å². The number of aryl methyl sites for hydroxylation is 1. The lowest BCUT2D eigenvalue weighted by atomic mass is 10.1. The highest BCUT2D eigenvalue weighted by molar-refractivity contribution is 5.77. The molecule has 1 aliphatic rings. The number of carbonyl (C=O) groups is 1. The second-order valence-corrected chi connectivity index (χ2v) is 5.23. The molecule has 1 aromatic heterocycles. The van der Waals surface area contributed by atoms with Crippen LogP contribution in [0.3, 0.4) is 0 Å². The number of halogens is 1. The molecule has 1 aromatic carbocycles. The zero-order valence-corrected chi connectivity index (χ0v) is 12.1. The molecule has 7 heteroatoms. The molecule has 1 aliphatic heterocycles. The summed E-state index contributed by atoms with van der Waals surface area (Å²) in [7, 11) is 0. The molecular weight excluding hydrogens is 287 g/mol. The van der Waals surface area contributed by atoms with Crippen molar-refractivity contribution in [2.75, 3.05) is 13.1 Å².